The third-order valence-electron chi connectivity index (χ3n) is 9.74. The van der Waals surface area contributed by atoms with E-state index in [1.807, 2.05) is 12.1 Å². The lowest BCUT2D eigenvalue weighted by molar-refractivity contribution is 0.668. The highest BCUT2D eigenvalue weighted by Crippen LogP contribution is 2.40. The van der Waals surface area contributed by atoms with Crippen LogP contribution in [-0.2, 0) is 0 Å². The van der Waals surface area contributed by atoms with Crippen molar-refractivity contribution in [3.8, 4) is 11.1 Å². The average molecular weight is 601 g/mol. The molecule has 2 heterocycles. The fourth-order valence-corrected chi connectivity index (χ4v) is 7.50. The maximum Gasteiger partial charge on any atom is 0.136 e. The Bertz CT molecular complexity index is 2800. The molecule has 10 aromatic rings. The van der Waals surface area contributed by atoms with Crippen molar-refractivity contribution in [2.45, 2.75) is 5.92 Å². The topological polar surface area (TPSA) is 26.3 Å². The van der Waals surface area contributed by atoms with Crippen molar-refractivity contribution >= 4 is 65.4 Å². The minimum atomic E-state index is 0.0396. The summed E-state index contributed by atoms with van der Waals surface area (Å²) < 4.78 is 12.7. The van der Waals surface area contributed by atoms with E-state index in [-0.39, 0.29) is 5.92 Å². The third kappa shape index (κ3) is 4.19. The Kier molecular flexibility index (Phi) is 5.67. The summed E-state index contributed by atoms with van der Waals surface area (Å²) >= 11 is 0. The number of fused-ring (bicyclic) bond motifs is 9. The lowest BCUT2D eigenvalue weighted by atomic mass is 9.83. The van der Waals surface area contributed by atoms with E-state index in [0.717, 1.165) is 38.5 Å². The van der Waals surface area contributed by atoms with Crippen LogP contribution in [-0.4, -0.2) is 0 Å². The van der Waals surface area contributed by atoms with Crippen LogP contribution in [0, 0.1) is 0 Å². The number of furan rings is 2. The molecule has 220 valence electrons. The number of rotatable bonds is 4. The zero-order valence-corrected chi connectivity index (χ0v) is 25.5. The van der Waals surface area contributed by atoms with E-state index in [0.29, 0.717) is 0 Å². The molecule has 0 bridgehead atoms. The maximum atomic E-state index is 6.51. The van der Waals surface area contributed by atoms with Gasteiger partial charge < -0.3 is 8.83 Å². The van der Waals surface area contributed by atoms with Gasteiger partial charge in [-0.15, -0.1) is 0 Å². The van der Waals surface area contributed by atoms with Crippen molar-refractivity contribution in [3.05, 3.63) is 180 Å². The highest BCUT2D eigenvalue weighted by atomic mass is 16.3. The molecule has 0 aliphatic heterocycles. The van der Waals surface area contributed by atoms with Crippen LogP contribution in [0.15, 0.2) is 173 Å². The molecule has 47 heavy (non-hydrogen) atoms. The van der Waals surface area contributed by atoms with E-state index < -0.39 is 0 Å². The molecule has 8 aromatic carbocycles. The van der Waals surface area contributed by atoms with Crippen LogP contribution in [0.2, 0.25) is 0 Å². The molecule has 0 amide bonds. The molecule has 0 aliphatic carbocycles. The highest BCUT2D eigenvalue weighted by molar-refractivity contribution is 6.19. The van der Waals surface area contributed by atoms with E-state index in [4.69, 9.17) is 8.83 Å². The van der Waals surface area contributed by atoms with Gasteiger partial charge in [0, 0.05) is 27.5 Å². The first kappa shape index (κ1) is 26.1. The quantitative estimate of drug-likeness (QED) is 0.188. The Balaban J connectivity index is 1.13. The Morgan fingerprint density at radius 2 is 1.02 bits per heavy atom. The molecule has 0 saturated carbocycles. The summed E-state index contributed by atoms with van der Waals surface area (Å²) in [6.45, 7) is 0. The average Bonchev–Trinajstić information content (AvgIpc) is 3.69. The van der Waals surface area contributed by atoms with Crippen LogP contribution >= 0.6 is 0 Å². The van der Waals surface area contributed by atoms with Crippen molar-refractivity contribution in [2.75, 3.05) is 0 Å². The van der Waals surface area contributed by atoms with Gasteiger partial charge >= 0.3 is 0 Å². The minimum absolute atomic E-state index is 0.0396. The molecule has 0 spiro atoms. The molecule has 0 aliphatic rings. The maximum absolute atomic E-state index is 6.51. The summed E-state index contributed by atoms with van der Waals surface area (Å²) in [5.41, 5.74) is 9.73. The molecule has 1 atom stereocenters. The SMILES string of the molecule is c1ccc(C(c2cccc(-c3ccc4ccc5oc6ccccc6c5c4c3)c2)c2ccc3c(c2)oc2cc4ccccc4cc23)cc1. The van der Waals surface area contributed by atoms with Crippen LogP contribution in [0.1, 0.15) is 22.6 Å². The molecule has 2 aromatic heterocycles. The lowest BCUT2D eigenvalue weighted by Crippen LogP contribution is -2.03. The van der Waals surface area contributed by atoms with Crippen LogP contribution in [0.4, 0.5) is 0 Å². The second-order valence-corrected chi connectivity index (χ2v) is 12.5. The van der Waals surface area contributed by atoms with E-state index in [9.17, 15) is 0 Å². The summed E-state index contributed by atoms with van der Waals surface area (Å²) in [5.74, 6) is 0.0396. The first-order valence-corrected chi connectivity index (χ1v) is 16.1. The van der Waals surface area contributed by atoms with Crippen molar-refractivity contribution in [2.24, 2.45) is 0 Å². The van der Waals surface area contributed by atoms with Gasteiger partial charge in [0.2, 0.25) is 0 Å². The molecule has 1 unspecified atom stereocenters. The normalized spacial score (nSPS) is 12.6. The number of para-hydroxylation sites is 1. The third-order valence-corrected chi connectivity index (χ3v) is 9.74. The summed E-state index contributed by atoms with van der Waals surface area (Å²) in [5, 5.41) is 9.44. The minimum Gasteiger partial charge on any atom is -0.456 e. The predicted octanol–water partition coefficient (Wildman–Crippen LogP) is 12.6. The largest absolute Gasteiger partial charge is 0.456 e. The molecule has 2 heteroatoms. The van der Waals surface area contributed by atoms with Crippen LogP contribution in [0.5, 0.6) is 0 Å². The Labute approximate surface area is 271 Å². The monoisotopic (exact) mass is 600 g/mol. The van der Waals surface area contributed by atoms with Crippen molar-refractivity contribution < 1.29 is 8.83 Å². The number of hydrogen-bond acceptors (Lipinski definition) is 2. The van der Waals surface area contributed by atoms with Gasteiger partial charge in [-0.3, -0.25) is 0 Å². The summed E-state index contributed by atoms with van der Waals surface area (Å²) in [7, 11) is 0. The highest BCUT2D eigenvalue weighted by Gasteiger charge is 2.20. The van der Waals surface area contributed by atoms with Gasteiger partial charge in [0.1, 0.15) is 22.3 Å². The molecule has 2 nitrogen and oxygen atoms in total. The number of benzene rings is 8. The van der Waals surface area contributed by atoms with E-state index in [2.05, 4.69) is 152 Å². The lowest BCUT2D eigenvalue weighted by Gasteiger charge is -2.20. The zero-order valence-electron chi connectivity index (χ0n) is 25.5. The van der Waals surface area contributed by atoms with E-state index >= 15 is 0 Å². The van der Waals surface area contributed by atoms with Gasteiger partial charge in [-0.2, -0.15) is 0 Å². The van der Waals surface area contributed by atoms with E-state index in [1.165, 1.54) is 54.7 Å². The first-order valence-electron chi connectivity index (χ1n) is 16.1. The molecule has 10 rings (SSSR count). The summed E-state index contributed by atoms with van der Waals surface area (Å²) in [6, 6.07) is 58.7. The van der Waals surface area contributed by atoms with Crippen LogP contribution < -0.4 is 0 Å². The van der Waals surface area contributed by atoms with Crippen LogP contribution in [0.25, 0.3) is 76.5 Å². The molecule has 0 N–H and O–H groups in total. The van der Waals surface area contributed by atoms with Gasteiger partial charge in [-0.1, -0.05) is 127 Å². The molecule has 0 radical (unpaired) electrons. The predicted molar refractivity (Wildman–Crippen MR) is 195 cm³/mol. The number of hydrogen-bond donors (Lipinski definition) is 0. The van der Waals surface area contributed by atoms with E-state index in [1.54, 1.807) is 0 Å². The Hall–Kier alpha value is -6.12. The molecule has 0 saturated heterocycles. The molecular formula is C45H28O2. The Morgan fingerprint density at radius 1 is 0.319 bits per heavy atom. The van der Waals surface area contributed by atoms with Crippen molar-refractivity contribution in [1.29, 1.82) is 0 Å². The summed E-state index contributed by atoms with van der Waals surface area (Å²) in [6.07, 6.45) is 0. The van der Waals surface area contributed by atoms with Crippen LogP contribution in [0.3, 0.4) is 0 Å². The van der Waals surface area contributed by atoms with Crippen molar-refractivity contribution in [1.82, 2.24) is 0 Å². The fraction of sp³-hybridized carbons (Fsp3) is 0.0222. The molecular weight excluding hydrogens is 572 g/mol. The second-order valence-electron chi connectivity index (χ2n) is 12.5. The van der Waals surface area contributed by atoms with Gasteiger partial charge in [0.05, 0.1) is 0 Å². The standard InChI is InChI=1S/C45H28O2/c1-2-9-29(10-3-1)44(35-19-21-36-39-25-31-11-4-5-12-32(31)26-43(39)47-42(36)27-35)34-14-8-13-30(23-34)33-18-17-28-20-22-41-45(38(28)24-33)37-15-6-7-16-40(37)46-41/h1-27,44H. The zero-order chi connectivity index (χ0) is 30.9. The Morgan fingerprint density at radius 3 is 1.94 bits per heavy atom. The van der Waals surface area contributed by atoms with Crippen molar-refractivity contribution in [3.63, 3.8) is 0 Å². The van der Waals surface area contributed by atoms with Gasteiger partial charge in [-0.25, -0.2) is 0 Å². The first-order chi connectivity index (χ1) is 23.3. The van der Waals surface area contributed by atoms with Gasteiger partial charge in [-0.05, 0) is 85.8 Å². The fourth-order valence-electron chi connectivity index (χ4n) is 7.50. The smallest absolute Gasteiger partial charge is 0.136 e. The van der Waals surface area contributed by atoms with Gasteiger partial charge in [0.25, 0.3) is 0 Å². The van der Waals surface area contributed by atoms with Gasteiger partial charge in [0.15, 0.2) is 0 Å². The second kappa shape index (κ2) is 10.2. The summed E-state index contributed by atoms with van der Waals surface area (Å²) in [4.78, 5) is 0. The molecule has 0 fully saturated rings.